The molecule has 10 heteroatoms. The first kappa shape index (κ1) is 25.2. The second-order valence-corrected chi connectivity index (χ2v) is 7.65. The number of amides is 1. The van der Waals surface area contributed by atoms with Gasteiger partial charge in [0.15, 0.2) is 0 Å². The lowest BCUT2D eigenvalue weighted by atomic mass is 10.1. The highest BCUT2D eigenvalue weighted by atomic mass is 35.5. The van der Waals surface area contributed by atoms with Crippen LogP contribution in [0.1, 0.15) is 52.9 Å². The topological polar surface area (TPSA) is 131 Å². The maximum absolute atomic E-state index is 12.7. The summed E-state index contributed by atoms with van der Waals surface area (Å²) in [7, 11) is 0. The molecule has 1 aliphatic rings. The van der Waals surface area contributed by atoms with Crippen LogP contribution in [0.5, 0.6) is 0 Å². The summed E-state index contributed by atoms with van der Waals surface area (Å²) in [6.07, 6.45) is 2.98. The van der Waals surface area contributed by atoms with Crippen molar-refractivity contribution in [2.75, 3.05) is 23.7 Å². The van der Waals surface area contributed by atoms with Crippen LogP contribution in [-0.2, 0) is 16.1 Å². The van der Waals surface area contributed by atoms with Crippen molar-refractivity contribution in [3.8, 4) is 0 Å². The molecule has 0 bridgehead atoms. The molecule has 0 spiro atoms. The number of ether oxygens (including phenoxy) is 1. The molecule has 1 aliphatic heterocycles. The molecule has 0 unspecified atom stereocenters. The fourth-order valence-electron chi connectivity index (χ4n) is 3.15. The molecular weight excluding hydrogens is 398 g/mol. The summed E-state index contributed by atoms with van der Waals surface area (Å²) in [5.74, 6) is 0.296. The van der Waals surface area contributed by atoms with Gasteiger partial charge in [-0.1, -0.05) is 27.2 Å². The first-order valence-electron chi connectivity index (χ1n) is 10.1. The van der Waals surface area contributed by atoms with Gasteiger partial charge in [-0.15, -0.1) is 12.4 Å². The zero-order valence-electron chi connectivity index (χ0n) is 17.5. The average Bonchev–Trinajstić information content (AvgIpc) is 3.13. The van der Waals surface area contributed by atoms with Crippen LogP contribution in [0.3, 0.4) is 0 Å². The molecule has 1 saturated heterocycles. The minimum absolute atomic E-state index is 0. The number of H-pyrrole nitrogens is 1. The predicted octanol–water partition coefficient (Wildman–Crippen LogP) is 1.66. The van der Waals surface area contributed by atoms with E-state index in [1.54, 1.807) is 0 Å². The maximum Gasteiger partial charge on any atom is 0.330 e. The van der Waals surface area contributed by atoms with Crippen LogP contribution in [-0.4, -0.2) is 40.8 Å². The zero-order chi connectivity index (χ0) is 20.7. The van der Waals surface area contributed by atoms with E-state index < -0.39 is 17.4 Å². The van der Waals surface area contributed by atoms with Crippen molar-refractivity contribution in [1.82, 2.24) is 9.55 Å². The summed E-state index contributed by atoms with van der Waals surface area (Å²) in [4.78, 5) is 39.9. The Morgan fingerprint density at radius 2 is 2.07 bits per heavy atom. The number of carbonyl (C=O) groups excluding carboxylic acids is 1. The van der Waals surface area contributed by atoms with Gasteiger partial charge in [-0.05, 0) is 31.6 Å². The third-order valence-corrected chi connectivity index (χ3v) is 4.86. The number of aromatic nitrogens is 2. The summed E-state index contributed by atoms with van der Waals surface area (Å²) < 4.78 is 7.06. The molecule has 9 nitrogen and oxygen atoms in total. The number of rotatable bonds is 10. The van der Waals surface area contributed by atoms with Crippen LogP contribution in [0.2, 0.25) is 0 Å². The molecule has 0 aliphatic carbocycles. The average molecular weight is 432 g/mol. The van der Waals surface area contributed by atoms with Crippen LogP contribution >= 0.6 is 12.4 Å². The summed E-state index contributed by atoms with van der Waals surface area (Å²) in [5.41, 5.74) is 4.75. The van der Waals surface area contributed by atoms with Crippen LogP contribution < -0.4 is 27.6 Å². The van der Waals surface area contributed by atoms with Crippen molar-refractivity contribution in [2.24, 2.45) is 11.7 Å². The van der Waals surface area contributed by atoms with Crippen LogP contribution in [0.15, 0.2) is 9.59 Å². The van der Waals surface area contributed by atoms with Crippen LogP contribution in [0.4, 0.5) is 11.5 Å². The molecule has 2 rings (SSSR count). The smallest absolute Gasteiger partial charge is 0.330 e. The lowest BCUT2D eigenvalue weighted by molar-refractivity contribution is -0.126. The highest BCUT2D eigenvalue weighted by Crippen LogP contribution is 2.22. The lowest BCUT2D eigenvalue weighted by Gasteiger charge is -2.19. The van der Waals surface area contributed by atoms with E-state index in [0.29, 0.717) is 38.4 Å². The Hall–Kier alpha value is -1.84. The summed E-state index contributed by atoms with van der Waals surface area (Å²) in [6.45, 7) is 7.50. The van der Waals surface area contributed by atoms with Crippen molar-refractivity contribution >= 4 is 29.8 Å². The molecule has 1 amide bonds. The van der Waals surface area contributed by atoms with Gasteiger partial charge in [-0.3, -0.25) is 19.1 Å². The van der Waals surface area contributed by atoms with Crippen molar-refractivity contribution in [2.45, 2.75) is 71.6 Å². The molecule has 0 radical (unpaired) electrons. The van der Waals surface area contributed by atoms with Crippen molar-refractivity contribution in [3.63, 3.8) is 0 Å². The molecule has 1 fully saturated rings. The molecule has 5 N–H and O–H groups in total. The van der Waals surface area contributed by atoms with Gasteiger partial charge in [0.05, 0.1) is 6.10 Å². The second-order valence-electron chi connectivity index (χ2n) is 7.65. The minimum atomic E-state index is -0.633. The number of nitrogens with zero attached hydrogens (tertiary/aromatic N) is 1. The van der Waals surface area contributed by atoms with Gasteiger partial charge in [0.1, 0.15) is 17.6 Å². The third-order valence-electron chi connectivity index (χ3n) is 4.86. The fourth-order valence-corrected chi connectivity index (χ4v) is 3.15. The van der Waals surface area contributed by atoms with Gasteiger partial charge in [0, 0.05) is 19.6 Å². The number of unbranched alkanes of at least 4 members (excludes halogenated alkanes) is 1. The number of nitrogens with two attached hydrogens (primary N) is 1. The Balaban J connectivity index is 0.00000420. The first-order chi connectivity index (χ1) is 13.4. The van der Waals surface area contributed by atoms with Crippen molar-refractivity contribution in [3.05, 3.63) is 20.8 Å². The summed E-state index contributed by atoms with van der Waals surface area (Å²) in [5, 5.41) is 5.86. The Kier molecular flexibility index (Phi) is 10.4. The highest BCUT2D eigenvalue weighted by molar-refractivity contribution is 5.96. The number of aromatic amines is 1. The van der Waals surface area contributed by atoms with Gasteiger partial charge in [-0.25, -0.2) is 4.79 Å². The predicted molar refractivity (Wildman–Crippen MR) is 117 cm³/mol. The number of anilines is 2. The van der Waals surface area contributed by atoms with Gasteiger partial charge < -0.3 is 21.1 Å². The molecule has 0 saturated carbocycles. The van der Waals surface area contributed by atoms with Crippen molar-refractivity contribution < 1.29 is 9.53 Å². The number of hydrogen-bond acceptors (Lipinski definition) is 6. The molecule has 1 aromatic heterocycles. The van der Waals surface area contributed by atoms with Gasteiger partial charge in [0.25, 0.3) is 11.5 Å². The monoisotopic (exact) mass is 431 g/mol. The Morgan fingerprint density at radius 3 is 2.66 bits per heavy atom. The zero-order valence-corrected chi connectivity index (χ0v) is 18.3. The number of nitrogens with one attached hydrogen (secondary N) is 3. The Morgan fingerprint density at radius 1 is 1.34 bits per heavy atom. The number of carbonyl (C=O) groups is 1. The second kappa shape index (κ2) is 12.0. The lowest BCUT2D eigenvalue weighted by Crippen LogP contribution is -2.38. The van der Waals surface area contributed by atoms with Crippen molar-refractivity contribution in [1.29, 1.82) is 0 Å². The fraction of sp³-hybridized carbons (Fsp3) is 0.737. The largest absolute Gasteiger partial charge is 0.378 e. The maximum atomic E-state index is 12.7. The quantitative estimate of drug-likeness (QED) is 0.445. The van der Waals surface area contributed by atoms with E-state index in [0.717, 1.165) is 19.3 Å². The van der Waals surface area contributed by atoms with Gasteiger partial charge in [-0.2, -0.15) is 0 Å². The van der Waals surface area contributed by atoms with E-state index in [4.69, 9.17) is 10.5 Å². The SMILES string of the molecule is CCCCn1c(NC(=O)[C@@H]2CC[C@H](CN)O2)c(NCCC(C)C)c(=O)[nH]c1=O.Cl. The Bertz CT molecular complexity index is 777. The highest BCUT2D eigenvalue weighted by Gasteiger charge is 2.31. The van der Waals surface area contributed by atoms with E-state index in [1.807, 2.05) is 6.92 Å². The molecule has 0 aromatic carbocycles. The molecule has 2 heterocycles. The first-order valence-corrected chi connectivity index (χ1v) is 10.1. The molecule has 2 atom stereocenters. The van der Waals surface area contributed by atoms with E-state index in [-0.39, 0.29) is 35.9 Å². The van der Waals surface area contributed by atoms with Gasteiger partial charge in [0.2, 0.25) is 0 Å². The minimum Gasteiger partial charge on any atom is -0.378 e. The van der Waals surface area contributed by atoms with E-state index in [1.165, 1.54) is 4.57 Å². The van der Waals surface area contributed by atoms with E-state index in [2.05, 4.69) is 29.5 Å². The third kappa shape index (κ3) is 6.87. The van der Waals surface area contributed by atoms with E-state index >= 15 is 0 Å². The van der Waals surface area contributed by atoms with E-state index in [9.17, 15) is 14.4 Å². The standard InChI is InChI=1S/C19H33N5O4.ClH/c1-4-5-10-24-16(22-17(25)14-7-6-13(11-20)28-14)15(18(26)23-19(24)27)21-9-8-12(2)3;/h12-14,21H,4-11,20H2,1-3H3,(H,22,25)(H,23,26,27);1H/t13-,14+;/m1./s1. The number of halogens is 1. The molecule has 29 heavy (non-hydrogen) atoms. The summed E-state index contributed by atoms with van der Waals surface area (Å²) >= 11 is 0. The van der Waals surface area contributed by atoms with Crippen LogP contribution in [0.25, 0.3) is 0 Å². The number of hydrogen-bond donors (Lipinski definition) is 4. The molecule has 166 valence electrons. The molecule has 1 aromatic rings. The Labute approximate surface area is 177 Å². The summed E-state index contributed by atoms with van der Waals surface area (Å²) in [6, 6.07) is 0. The molecular formula is C19H34ClN5O4. The normalized spacial score (nSPS) is 18.5. The van der Waals surface area contributed by atoms with Gasteiger partial charge >= 0.3 is 5.69 Å². The van der Waals surface area contributed by atoms with Crippen LogP contribution in [0, 0.1) is 5.92 Å².